The second-order valence-corrected chi connectivity index (χ2v) is 5.92. The van der Waals surface area contributed by atoms with Crippen LogP contribution in [0.15, 0.2) is 24.3 Å². The molecule has 10 heteroatoms. The number of alkyl halides is 3. The highest BCUT2D eigenvalue weighted by Gasteiger charge is 2.35. The van der Waals surface area contributed by atoms with Gasteiger partial charge < -0.3 is 0 Å². The molecule has 2 rings (SSSR count). The molecule has 2 aromatic carbocycles. The third-order valence-electron chi connectivity index (χ3n) is 4.25. The number of nitrogens with zero attached hydrogens (tertiary/aromatic N) is 7. The summed E-state index contributed by atoms with van der Waals surface area (Å²) in [7, 11) is 0. The SMILES string of the molecule is N#CC(C#N)=c1cc(C#N)/c(=C(\C#N)c2cc(C#N)c(C#N)cc2C(F)(F)F)cc1C#N. The molecule has 32 heavy (non-hydrogen) atoms. The summed E-state index contributed by atoms with van der Waals surface area (Å²) in [5.74, 6) is 0. The first-order valence-corrected chi connectivity index (χ1v) is 8.19. The molecule has 2 aromatic rings. The van der Waals surface area contributed by atoms with Crippen molar-refractivity contribution in [3.05, 3.63) is 68.1 Å². The van der Waals surface area contributed by atoms with Crippen molar-refractivity contribution in [1.82, 2.24) is 0 Å². The van der Waals surface area contributed by atoms with E-state index in [-0.39, 0.29) is 21.6 Å². The molecule has 0 radical (unpaired) electrons. The first kappa shape index (κ1) is 22.7. The van der Waals surface area contributed by atoms with Crippen molar-refractivity contribution in [2.45, 2.75) is 6.18 Å². The lowest BCUT2D eigenvalue weighted by Crippen LogP contribution is -2.22. The van der Waals surface area contributed by atoms with Crippen LogP contribution in [0.2, 0.25) is 0 Å². The van der Waals surface area contributed by atoms with Crippen LogP contribution in [0.25, 0.3) is 11.1 Å². The summed E-state index contributed by atoms with van der Waals surface area (Å²) < 4.78 is 41.1. The zero-order valence-corrected chi connectivity index (χ0v) is 15.6. The van der Waals surface area contributed by atoms with Crippen molar-refractivity contribution in [2.24, 2.45) is 0 Å². The summed E-state index contributed by atoms with van der Waals surface area (Å²) in [6.45, 7) is 0. The minimum atomic E-state index is -5.02. The van der Waals surface area contributed by atoms with E-state index in [4.69, 9.17) is 15.8 Å². The molecule has 0 unspecified atom stereocenters. The van der Waals surface area contributed by atoms with Crippen molar-refractivity contribution in [3.8, 4) is 42.5 Å². The Bertz CT molecular complexity index is 1570. The van der Waals surface area contributed by atoms with E-state index in [1.807, 2.05) is 0 Å². The fraction of sp³-hybridized carbons (Fsp3) is 0.0455. The van der Waals surface area contributed by atoms with Gasteiger partial charge in [0, 0.05) is 16.0 Å². The minimum absolute atomic E-state index is 0.219. The van der Waals surface area contributed by atoms with E-state index in [1.165, 1.54) is 6.07 Å². The number of hydrogen-bond acceptors (Lipinski definition) is 7. The van der Waals surface area contributed by atoms with Gasteiger partial charge in [0.15, 0.2) is 0 Å². The van der Waals surface area contributed by atoms with Crippen LogP contribution in [0, 0.1) is 79.3 Å². The molecule has 0 fully saturated rings. The minimum Gasteiger partial charge on any atom is -0.192 e. The molecule has 148 valence electrons. The van der Waals surface area contributed by atoms with Gasteiger partial charge in [-0.15, -0.1) is 0 Å². The van der Waals surface area contributed by atoms with Crippen molar-refractivity contribution >= 4 is 11.1 Å². The predicted molar refractivity (Wildman–Crippen MR) is 98.8 cm³/mol. The fourth-order valence-electron chi connectivity index (χ4n) is 2.84. The number of benzene rings is 2. The first-order chi connectivity index (χ1) is 15.2. The Morgan fingerprint density at radius 2 is 1.06 bits per heavy atom. The molecule has 0 heterocycles. The van der Waals surface area contributed by atoms with Crippen LogP contribution in [0.5, 0.6) is 0 Å². The van der Waals surface area contributed by atoms with E-state index in [0.29, 0.717) is 12.1 Å². The fourth-order valence-corrected chi connectivity index (χ4v) is 2.84. The summed E-state index contributed by atoms with van der Waals surface area (Å²) >= 11 is 0. The monoisotopic (exact) mass is 423 g/mol. The van der Waals surface area contributed by atoms with Gasteiger partial charge in [0.2, 0.25) is 0 Å². The van der Waals surface area contributed by atoms with Crippen LogP contribution in [0.4, 0.5) is 13.2 Å². The Morgan fingerprint density at radius 3 is 1.50 bits per heavy atom. The van der Waals surface area contributed by atoms with E-state index < -0.39 is 39.6 Å². The maximum absolute atomic E-state index is 13.7. The average Bonchev–Trinajstić information content (AvgIpc) is 2.79. The van der Waals surface area contributed by atoms with Crippen LogP contribution < -0.4 is 10.4 Å². The molecule has 0 aliphatic carbocycles. The van der Waals surface area contributed by atoms with Crippen LogP contribution in [-0.4, -0.2) is 0 Å². The van der Waals surface area contributed by atoms with Gasteiger partial charge in [0.1, 0.15) is 35.9 Å². The molecule has 0 atom stereocenters. The van der Waals surface area contributed by atoms with Gasteiger partial charge >= 0.3 is 6.18 Å². The van der Waals surface area contributed by atoms with Crippen molar-refractivity contribution in [3.63, 3.8) is 0 Å². The summed E-state index contributed by atoms with van der Waals surface area (Å²) in [6, 6.07) is 14.1. The second kappa shape index (κ2) is 8.82. The lowest BCUT2D eigenvalue weighted by Gasteiger charge is -2.14. The van der Waals surface area contributed by atoms with E-state index in [2.05, 4.69) is 0 Å². The molecule has 0 saturated carbocycles. The van der Waals surface area contributed by atoms with Crippen molar-refractivity contribution in [2.75, 3.05) is 0 Å². The van der Waals surface area contributed by atoms with Gasteiger partial charge in [-0.2, -0.15) is 50.0 Å². The molecule has 0 N–H and O–H groups in total. The summed E-state index contributed by atoms with van der Waals surface area (Å²) in [4.78, 5) is 0. The summed E-state index contributed by atoms with van der Waals surface area (Å²) in [5, 5.41) is 64.3. The maximum Gasteiger partial charge on any atom is 0.417 e. The third-order valence-corrected chi connectivity index (χ3v) is 4.25. The van der Waals surface area contributed by atoms with Gasteiger partial charge in [-0.3, -0.25) is 0 Å². The molecule has 7 nitrogen and oxygen atoms in total. The topological polar surface area (TPSA) is 167 Å². The number of nitriles is 7. The van der Waals surface area contributed by atoms with Gasteiger partial charge in [-0.1, -0.05) is 0 Å². The third kappa shape index (κ3) is 3.92. The number of hydrogen-bond donors (Lipinski definition) is 0. The summed E-state index contributed by atoms with van der Waals surface area (Å²) in [5.41, 5.74) is -5.05. The largest absolute Gasteiger partial charge is 0.417 e. The highest BCUT2D eigenvalue weighted by molar-refractivity contribution is 5.82. The molecule has 0 bridgehead atoms. The van der Waals surface area contributed by atoms with E-state index >= 15 is 0 Å². The zero-order valence-electron chi connectivity index (χ0n) is 15.6. The van der Waals surface area contributed by atoms with Crippen molar-refractivity contribution in [1.29, 1.82) is 36.8 Å². The Kier molecular flexibility index (Phi) is 6.26. The molecule has 0 spiro atoms. The molecule has 0 saturated heterocycles. The highest BCUT2D eigenvalue weighted by atomic mass is 19.4. The van der Waals surface area contributed by atoms with Crippen LogP contribution in [-0.2, 0) is 6.18 Å². The normalized spacial score (nSPS) is 10.6. The Morgan fingerprint density at radius 1 is 0.594 bits per heavy atom. The Balaban J connectivity index is 3.26. The van der Waals surface area contributed by atoms with Gasteiger partial charge in [0.05, 0.1) is 45.5 Å². The molecule has 0 aliphatic heterocycles. The van der Waals surface area contributed by atoms with Crippen LogP contribution >= 0.6 is 0 Å². The summed E-state index contributed by atoms with van der Waals surface area (Å²) in [6.07, 6.45) is -5.02. The zero-order chi connectivity index (χ0) is 24.1. The maximum atomic E-state index is 13.7. The van der Waals surface area contributed by atoms with Crippen LogP contribution in [0.1, 0.15) is 33.4 Å². The van der Waals surface area contributed by atoms with Gasteiger partial charge in [-0.05, 0) is 24.3 Å². The molecular weight excluding hydrogens is 419 g/mol. The Labute approximate surface area is 178 Å². The van der Waals surface area contributed by atoms with Crippen molar-refractivity contribution < 1.29 is 13.2 Å². The van der Waals surface area contributed by atoms with E-state index in [0.717, 1.165) is 12.1 Å². The number of rotatable bonds is 1. The molecule has 0 amide bonds. The van der Waals surface area contributed by atoms with Crippen LogP contribution in [0.3, 0.4) is 0 Å². The van der Waals surface area contributed by atoms with Gasteiger partial charge in [-0.25, -0.2) is 0 Å². The Hall–Kier alpha value is -5.60. The molecule has 0 aliphatic rings. The molecule has 0 aromatic heterocycles. The van der Waals surface area contributed by atoms with E-state index in [1.54, 1.807) is 36.4 Å². The number of halogens is 3. The quantitative estimate of drug-likeness (QED) is 0.677. The molecular formula is C22H4F3N7. The van der Waals surface area contributed by atoms with Gasteiger partial charge in [0.25, 0.3) is 0 Å². The highest BCUT2D eigenvalue weighted by Crippen LogP contribution is 2.36. The lowest BCUT2D eigenvalue weighted by atomic mass is 9.91. The standard InChI is InChI=1S/C22H4F3N7/c23-22(24,25)21-4-13(6-27)12(5-26)1-19(21)20(11-32)18-3-14(7-28)17(2-15(18)8-29)16(9-30)10-31/h1-4H/b20-18+. The second-order valence-electron chi connectivity index (χ2n) is 5.92. The predicted octanol–water partition coefficient (Wildman–Crippen LogP) is 2.11. The lowest BCUT2D eigenvalue weighted by molar-refractivity contribution is -0.137. The first-order valence-electron chi connectivity index (χ1n) is 8.19. The average molecular weight is 423 g/mol. The van der Waals surface area contributed by atoms with E-state index in [9.17, 15) is 34.2 Å². The smallest absolute Gasteiger partial charge is 0.192 e.